The molecule has 0 aromatic carbocycles. The first-order valence-electron chi connectivity index (χ1n) is 13.7. The SMILES string of the molecule is CCC1(C(C)C)CCC(C2CCC3C4CC=C5CC(O)CCC5(C)C4CCC23C)C(=O)O1. The Morgan fingerprint density at radius 1 is 1.03 bits per heavy atom. The molecule has 1 heterocycles. The van der Waals surface area contributed by atoms with E-state index in [0.29, 0.717) is 17.3 Å². The number of allylic oxidation sites excluding steroid dienone is 1. The average molecular weight is 443 g/mol. The molecule has 3 heteroatoms. The maximum absolute atomic E-state index is 13.4. The lowest BCUT2D eigenvalue weighted by molar-refractivity contribution is -0.188. The van der Waals surface area contributed by atoms with E-state index in [-0.39, 0.29) is 29.0 Å². The molecule has 1 aliphatic heterocycles. The molecule has 1 saturated heterocycles. The largest absolute Gasteiger partial charge is 0.459 e. The Labute approximate surface area is 195 Å². The van der Waals surface area contributed by atoms with Crippen LogP contribution in [0.25, 0.3) is 0 Å². The molecule has 32 heavy (non-hydrogen) atoms. The van der Waals surface area contributed by atoms with Gasteiger partial charge in [0.05, 0.1) is 12.0 Å². The van der Waals surface area contributed by atoms with Crippen LogP contribution in [0.5, 0.6) is 0 Å². The van der Waals surface area contributed by atoms with E-state index in [4.69, 9.17) is 4.74 Å². The van der Waals surface area contributed by atoms with Gasteiger partial charge in [0.1, 0.15) is 5.60 Å². The van der Waals surface area contributed by atoms with E-state index in [1.54, 1.807) is 5.57 Å². The van der Waals surface area contributed by atoms with Gasteiger partial charge in [-0.3, -0.25) is 4.79 Å². The van der Waals surface area contributed by atoms with Gasteiger partial charge in [0, 0.05) is 0 Å². The summed E-state index contributed by atoms with van der Waals surface area (Å²) in [7, 11) is 0. The van der Waals surface area contributed by atoms with E-state index in [1.165, 1.54) is 32.1 Å². The van der Waals surface area contributed by atoms with Crippen LogP contribution in [0, 0.1) is 46.3 Å². The van der Waals surface area contributed by atoms with Crippen molar-refractivity contribution >= 4 is 5.97 Å². The number of rotatable bonds is 3. The van der Waals surface area contributed by atoms with Gasteiger partial charge in [-0.05, 0) is 111 Å². The fraction of sp³-hybridized carbons (Fsp3) is 0.897. The molecular formula is C29H46O3. The van der Waals surface area contributed by atoms with Crippen molar-refractivity contribution in [3.8, 4) is 0 Å². The van der Waals surface area contributed by atoms with Gasteiger partial charge in [-0.2, -0.15) is 0 Å². The normalized spacial score (nSPS) is 50.8. The molecule has 4 aliphatic carbocycles. The van der Waals surface area contributed by atoms with Crippen molar-refractivity contribution < 1.29 is 14.6 Å². The quantitative estimate of drug-likeness (QED) is 0.391. The van der Waals surface area contributed by atoms with Crippen molar-refractivity contribution in [3.05, 3.63) is 11.6 Å². The lowest BCUT2D eigenvalue weighted by Gasteiger charge is -2.58. The molecule has 3 saturated carbocycles. The molecular weight excluding hydrogens is 396 g/mol. The van der Waals surface area contributed by atoms with Gasteiger partial charge in [0.2, 0.25) is 0 Å². The van der Waals surface area contributed by atoms with Crippen molar-refractivity contribution in [2.45, 2.75) is 117 Å². The zero-order valence-corrected chi connectivity index (χ0v) is 21.2. The molecule has 0 spiro atoms. The highest BCUT2D eigenvalue weighted by molar-refractivity contribution is 5.74. The molecule has 4 fully saturated rings. The number of aliphatic hydroxyl groups is 1. The molecule has 9 atom stereocenters. The minimum Gasteiger partial charge on any atom is -0.459 e. The Balaban J connectivity index is 1.36. The van der Waals surface area contributed by atoms with E-state index in [1.807, 2.05) is 0 Å². The summed E-state index contributed by atoms with van der Waals surface area (Å²) >= 11 is 0. The van der Waals surface area contributed by atoms with E-state index >= 15 is 0 Å². The number of fused-ring (bicyclic) bond motifs is 5. The summed E-state index contributed by atoms with van der Waals surface area (Å²) in [4.78, 5) is 13.4. The highest BCUT2D eigenvalue weighted by Gasteiger charge is 2.61. The van der Waals surface area contributed by atoms with Crippen LogP contribution < -0.4 is 0 Å². The van der Waals surface area contributed by atoms with Crippen LogP contribution in [0.4, 0.5) is 0 Å². The molecule has 0 amide bonds. The number of hydrogen-bond acceptors (Lipinski definition) is 3. The predicted molar refractivity (Wildman–Crippen MR) is 128 cm³/mol. The third-order valence-corrected chi connectivity index (χ3v) is 11.8. The average Bonchev–Trinajstić information content (AvgIpc) is 3.11. The summed E-state index contributed by atoms with van der Waals surface area (Å²) in [6.07, 6.45) is 14.6. The van der Waals surface area contributed by atoms with Crippen LogP contribution in [0.3, 0.4) is 0 Å². The zero-order valence-electron chi connectivity index (χ0n) is 21.2. The molecule has 180 valence electrons. The maximum atomic E-state index is 13.4. The molecule has 0 aromatic heterocycles. The number of ether oxygens (including phenoxy) is 1. The third kappa shape index (κ3) is 3.19. The minimum atomic E-state index is -0.241. The Kier molecular flexibility index (Phi) is 5.63. The molecule has 0 bridgehead atoms. The topological polar surface area (TPSA) is 46.5 Å². The molecule has 0 radical (unpaired) electrons. The lowest BCUT2D eigenvalue weighted by atomic mass is 9.47. The van der Waals surface area contributed by atoms with E-state index in [2.05, 4.69) is 40.7 Å². The van der Waals surface area contributed by atoms with E-state index in [0.717, 1.165) is 56.3 Å². The Morgan fingerprint density at radius 3 is 2.47 bits per heavy atom. The molecule has 5 rings (SSSR count). The van der Waals surface area contributed by atoms with Crippen molar-refractivity contribution in [2.24, 2.45) is 46.3 Å². The number of carbonyl (C=O) groups is 1. The van der Waals surface area contributed by atoms with Crippen LogP contribution in [0.1, 0.15) is 105 Å². The molecule has 0 aromatic rings. The highest BCUT2D eigenvalue weighted by Crippen LogP contribution is 2.67. The van der Waals surface area contributed by atoms with E-state index in [9.17, 15) is 9.90 Å². The monoisotopic (exact) mass is 442 g/mol. The third-order valence-electron chi connectivity index (χ3n) is 11.8. The van der Waals surface area contributed by atoms with Crippen molar-refractivity contribution in [3.63, 3.8) is 0 Å². The highest BCUT2D eigenvalue weighted by atomic mass is 16.6. The number of cyclic esters (lactones) is 1. The second-order valence-corrected chi connectivity index (χ2v) is 13.0. The van der Waals surface area contributed by atoms with Crippen LogP contribution >= 0.6 is 0 Å². The summed E-state index contributed by atoms with van der Waals surface area (Å²) in [5.74, 6) is 3.36. The van der Waals surface area contributed by atoms with Crippen LogP contribution in [0.15, 0.2) is 11.6 Å². The van der Waals surface area contributed by atoms with Crippen LogP contribution in [0.2, 0.25) is 0 Å². The van der Waals surface area contributed by atoms with Gasteiger partial charge in [-0.25, -0.2) is 0 Å². The van der Waals surface area contributed by atoms with Crippen LogP contribution in [-0.2, 0) is 9.53 Å². The number of aliphatic hydroxyl groups excluding tert-OH is 1. The number of hydrogen-bond donors (Lipinski definition) is 1. The zero-order chi connectivity index (χ0) is 22.9. The van der Waals surface area contributed by atoms with Gasteiger partial charge in [-0.15, -0.1) is 0 Å². The van der Waals surface area contributed by atoms with Crippen molar-refractivity contribution in [2.75, 3.05) is 0 Å². The van der Waals surface area contributed by atoms with Gasteiger partial charge >= 0.3 is 5.97 Å². The second kappa shape index (κ2) is 7.85. The lowest BCUT2D eigenvalue weighted by Crippen LogP contribution is -2.53. The minimum absolute atomic E-state index is 0.107. The smallest absolute Gasteiger partial charge is 0.309 e. The summed E-state index contributed by atoms with van der Waals surface area (Å²) < 4.78 is 6.27. The molecule has 9 unspecified atom stereocenters. The van der Waals surface area contributed by atoms with Gasteiger partial charge < -0.3 is 9.84 Å². The Bertz CT molecular complexity index is 785. The van der Waals surface area contributed by atoms with Crippen LogP contribution in [-0.4, -0.2) is 22.8 Å². The van der Waals surface area contributed by atoms with Gasteiger partial charge in [0.25, 0.3) is 0 Å². The summed E-state index contributed by atoms with van der Waals surface area (Å²) in [6.45, 7) is 11.6. The van der Waals surface area contributed by atoms with Crippen molar-refractivity contribution in [1.29, 1.82) is 0 Å². The molecule has 5 aliphatic rings. The van der Waals surface area contributed by atoms with Gasteiger partial charge in [-0.1, -0.05) is 46.3 Å². The molecule has 3 nitrogen and oxygen atoms in total. The first-order valence-corrected chi connectivity index (χ1v) is 13.7. The second-order valence-electron chi connectivity index (χ2n) is 13.0. The first-order chi connectivity index (χ1) is 15.1. The molecule has 1 N–H and O–H groups in total. The summed E-state index contributed by atoms with van der Waals surface area (Å²) in [6, 6.07) is 0. The number of carbonyl (C=O) groups excluding carboxylic acids is 1. The fourth-order valence-electron chi connectivity index (χ4n) is 9.62. The summed E-state index contributed by atoms with van der Waals surface area (Å²) in [5, 5.41) is 10.3. The first kappa shape index (κ1) is 22.9. The fourth-order valence-corrected chi connectivity index (χ4v) is 9.62. The Morgan fingerprint density at radius 2 is 1.78 bits per heavy atom. The number of esters is 1. The van der Waals surface area contributed by atoms with E-state index < -0.39 is 0 Å². The maximum Gasteiger partial charge on any atom is 0.309 e. The predicted octanol–water partition coefficient (Wildman–Crippen LogP) is 6.68. The standard InChI is InChI=1S/C29H46O3/c1-6-29(18(2)3)16-12-22(26(31)32-29)24-10-9-23-21-8-7-19-17-20(30)11-14-27(19,4)25(21)13-15-28(23,24)5/h7,18,20-25,30H,6,8-17H2,1-5H3. The van der Waals surface area contributed by atoms with Gasteiger partial charge in [0.15, 0.2) is 0 Å². The summed E-state index contributed by atoms with van der Waals surface area (Å²) in [5.41, 5.74) is 1.89. The Hall–Kier alpha value is -0.830. The van der Waals surface area contributed by atoms with Crippen molar-refractivity contribution in [1.82, 2.24) is 0 Å².